The van der Waals surface area contributed by atoms with E-state index in [2.05, 4.69) is 0 Å². The van der Waals surface area contributed by atoms with Crippen LogP contribution in [-0.4, -0.2) is 24.3 Å². The zero-order chi connectivity index (χ0) is 17.5. The Balaban J connectivity index is 1.87. The molecule has 0 aliphatic heterocycles. The maximum atomic E-state index is 10.7. The number of benzene rings is 2. The van der Waals surface area contributed by atoms with Crippen LogP contribution in [0.5, 0.6) is 11.5 Å². The van der Waals surface area contributed by atoms with Gasteiger partial charge in [-0.25, -0.2) is 0 Å². The standard InChI is InChI=1S/C19H21ClO4/c1-13-11-16(12-14(2)19(13)20)23-9-10-24-17-6-4-3-5-15(17)7-8-18(21)22/h3-6,11-12H,7-10H2,1-2H3,(H,21,22). The molecule has 2 aromatic rings. The summed E-state index contributed by atoms with van der Waals surface area (Å²) in [5.74, 6) is 0.643. The van der Waals surface area contributed by atoms with Gasteiger partial charge in [0.15, 0.2) is 0 Å². The summed E-state index contributed by atoms with van der Waals surface area (Å²) in [6.45, 7) is 4.66. The van der Waals surface area contributed by atoms with Gasteiger partial charge in [0.05, 0.1) is 0 Å². The maximum Gasteiger partial charge on any atom is 0.303 e. The molecule has 0 bridgehead atoms. The van der Waals surface area contributed by atoms with Crippen LogP contribution in [0.25, 0.3) is 0 Å². The van der Waals surface area contributed by atoms with Gasteiger partial charge in [-0.3, -0.25) is 4.79 Å². The highest BCUT2D eigenvalue weighted by atomic mass is 35.5. The molecule has 128 valence electrons. The summed E-state index contributed by atoms with van der Waals surface area (Å²) < 4.78 is 11.4. The van der Waals surface area contributed by atoms with Crippen molar-refractivity contribution in [3.63, 3.8) is 0 Å². The number of rotatable bonds is 8. The summed E-state index contributed by atoms with van der Waals surface area (Å²) in [4.78, 5) is 10.7. The van der Waals surface area contributed by atoms with Crippen molar-refractivity contribution in [2.75, 3.05) is 13.2 Å². The van der Waals surface area contributed by atoms with Gasteiger partial charge in [-0.15, -0.1) is 0 Å². The summed E-state index contributed by atoms with van der Waals surface area (Å²) >= 11 is 6.14. The average molecular weight is 349 g/mol. The van der Waals surface area contributed by atoms with Crippen molar-refractivity contribution in [1.29, 1.82) is 0 Å². The zero-order valence-corrected chi connectivity index (χ0v) is 14.6. The molecule has 0 heterocycles. The molecule has 0 saturated heterocycles. The topological polar surface area (TPSA) is 55.8 Å². The van der Waals surface area contributed by atoms with Crippen LogP contribution < -0.4 is 9.47 Å². The molecule has 5 heteroatoms. The van der Waals surface area contributed by atoms with Crippen LogP contribution in [0, 0.1) is 13.8 Å². The highest BCUT2D eigenvalue weighted by Crippen LogP contribution is 2.26. The second kappa shape index (κ2) is 8.60. The monoisotopic (exact) mass is 348 g/mol. The molecule has 0 spiro atoms. The number of halogens is 1. The van der Waals surface area contributed by atoms with Crippen LogP contribution in [0.2, 0.25) is 5.02 Å². The van der Waals surface area contributed by atoms with Gasteiger partial charge in [-0.2, -0.15) is 0 Å². The van der Waals surface area contributed by atoms with E-state index in [1.807, 2.05) is 50.2 Å². The molecule has 1 N–H and O–H groups in total. The quantitative estimate of drug-likeness (QED) is 0.717. The van der Waals surface area contributed by atoms with Gasteiger partial charge in [0.25, 0.3) is 0 Å². The Morgan fingerprint density at radius 1 is 1.08 bits per heavy atom. The minimum Gasteiger partial charge on any atom is -0.490 e. The van der Waals surface area contributed by atoms with E-state index in [4.69, 9.17) is 26.2 Å². The van der Waals surface area contributed by atoms with Crippen LogP contribution in [0.3, 0.4) is 0 Å². The normalized spacial score (nSPS) is 10.5. The van der Waals surface area contributed by atoms with Crippen LogP contribution in [0.4, 0.5) is 0 Å². The molecular weight excluding hydrogens is 328 g/mol. The van der Waals surface area contributed by atoms with Crippen LogP contribution in [-0.2, 0) is 11.2 Å². The van der Waals surface area contributed by atoms with E-state index in [1.165, 1.54) is 0 Å². The fourth-order valence-electron chi connectivity index (χ4n) is 2.39. The lowest BCUT2D eigenvalue weighted by Crippen LogP contribution is -2.10. The average Bonchev–Trinajstić information content (AvgIpc) is 2.55. The maximum absolute atomic E-state index is 10.7. The molecule has 0 aliphatic rings. The van der Waals surface area contributed by atoms with Crippen molar-refractivity contribution >= 4 is 17.6 Å². The van der Waals surface area contributed by atoms with Gasteiger partial charge in [-0.05, 0) is 55.2 Å². The SMILES string of the molecule is Cc1cc(OCCOc2ccccc2CCC(=O)O)cc(C)c1Cl. The van der Waals surface area contributed by atoms with Gasteiger partial charge < -0.3 is 14.6 Å². The molecule has 0 aliphatic carbocycles. The van der Waals surface area contributed by atoms with E-state index < -0.39 is 5.97 Å². The predicted molar refractivity (Wildman–Crippen MR) is 94.3 cm³/mol. The third-order valence-corrected chi connectivity index (χ3v) is 4.20. The first-order valence-corrected chi connectivity index (χ1v) is 8.17. The summed E-state index contributed by atoms with van der Waals surface area (Å²) in [7, 11) is 0. The first-order valence-electron chi connectivity index (χ1n) is 7.79. The van der Waals surface area contributed by atoms with Crippen molar-refractivity contribution in [2.45, 2.75) is 26.7 Å². The summed E-state index contributed by atoms with van der Waals surface area (Å²) in [6.07, 6.45) is 0.530. The Morgan fingerprint density at radius 3 is 2.38 bits per heavy atom. The molecule has 2 aromatic carbocycles. The van der Waals surface area contributed by atoms with Gasteiger partial charge in [0, 0.05) is 11.4 Å². The first kappa shape index (κ1) is 18.1. The third-order valence-electron chi connectivity index (χ3n) is 3.60. The van der Waals surface area contributed by atoms with Crippen molar-refractivity contribution in [3.05, 3.63) is 58.1 Å². The molecule has 24 heavy (non-hydrogen) atoms. The highest BCUT2D eigenvalue weighted by molar-refractivity contribution is 6.32. The number of ether oxygens (including phenoxy) is 2. The molecule has 0 radical (unpaired) electrons. The molecule has 0 aromatic heterocycles. The molecule has 2 rings (SSSR count). The lowest BCUT2D eigenvalue weighted by atomic mass is 10.1. The van der Waals surface area contributed by atoms with Crippen molar-refractivity contribution in [2.24, 2.45) is 0 Å². The van der Waals surface area contributed by atoms with Crippen LogP contribution >= 0.6 is 11.6 Å². The number of aliphatic carboxylic acids is 1. The number of carbonyl (C=O) groups is 1. The smallest absolute Gasteiger partial charge is 0.303 e. The zero-order valence-electron chi connectivity index (χ0n) is 13.8. The van der Waals surface area contributed by atoms with Crippen LogP contribution in [0.15, 0.2) is 36.4 Å². The number of hydrogen-bond acceptors (Lipinski definition) is 3. The molecular formula is C19H21ClO4. The lowest BCUT2D eigenvalue weighted by molar-refractivity contribution is -0.136. The Hall–Kier alpha value is -2.20. The Bertz CT molecular complexity index is 689. The van der Waals surface area contributed by atoms with E-state index in [0.29, 0.717) is 25.4 Å². The highest BCUT2D eigenvalue weighted by Gasteiger charge is 2.07. The van der Waals surface area contributed by atoms with Crippen LogP contribution in [0.1, 0.15) is 23.1 Å². The summed E-state index contributed by atoms with van der Waals surface area (Å²) in [5.41, 5.74) is 2.84. The predicted octanol–water partition coefficient (Wildman–Crippen LogP) is 4.43. The molecule has 0 atom stereocenters. The number of hydrogen-bond donors (Lipinski definition) is 1. The number of para-hydroxylation sites is 1. The second-order valence-electron chi connectivity index (χ2n) is 5.57. The van der Waals surface area contributed by atoms with Gasteiger partial charge in [0.1, 0.15) is 24.7 Å². The minimum absolute atomic E-state index is 0.0835. The summed E-state index contributed by atoms with van der Waals surface area (Å²) in [6, 6.07) is 11.3. The van der Waals surface area contributed by atoms with E-state index in [9.17, 15) is 4.79 Å². The van der Waals surface area contributed by atoms with Crippen molar-refractivity contribution in [1.82, 2.24) is 0 Å². The van der Waals surface area contributed by atoms with Gasteiger partial charge in [-0.1, -0.05) is 29.8 Å². The van der Waals surface area contributed by atoms with Crippen molar-refractivity contribution in [3.8, 4) is 11.5 Å². The Morgan fingerprint density at radius 2 is 1.71 bits per heavy atom. The number of aryl methyl sites for hydroxylation is 3. The Kier molecular flexibility index (Phi) is 6.50. The van der Waals surface area contributed by atoms with Gasteiger partial charge >= 0.3 is 5.97 Å². The van der Waals surface area contributed by atoms with E-state index in [0.717, 1.165) is 27.5 Å². The van der Waals surface area contributed by atoms with E-state index >= 15 is 0 Å². The molecule has 0 amide bonds. The number of carboxylic acids is 1. The molecule has 4 nitrogen and oxygen atoms in total. The summed E-state index contributed by atoms with van der Waals surface area (Å²) in [5, 5.41) is 9.56. The number of carboxylic acid groups (broad SMARTS) is 1. The fourth-order valence-corrected chi connectivity index (χ4v) is 2.50. The van der Waals surface area contributed by atoms with Gasteiger partial charge in [0.2, 0.25) is 0 Å². The Labute approximate surface area is 147 Å². The lowest BCUT2D eigenvalue weighted by Gasteiger charge is -2.13. The second-order valence-corrected chi connectivity index (χ2v) is 5.95. The molecule has 0 unspecified atom stereocenters. The van der Waals surface area contributed by atoms with E-state index in [-0.39, 0.29) is 6.42 Å². The van der Waals surface area contributed by atoms with Crippen molar-refractivity contribution < 1.29 is 19.4 Å². The van der Waals surface area contributed by atoms with E-state index in [1.54, 1.807) is 0 Å². The molecule has 0 saturated carbocycles. The minimum atomic E-state index is -0.818. The third kappa shape index (κ3) is 5.17. The first-order chi connectivity index (χ1) is 11.5. The molecule has 0 fully saturated rings. The fraction of sp³-hybridized carbons (Fsp3) is 0.316. The largest absolute Gasteiger partial charge is 0.490 e.